The number of rotatable bonds is 6. The maximum absolute atomic E-state index is 6.11. The average Bonchev–Trinajstić information content (AvgIpc) is 2.79. The monoisotopic (exact) mass is 475 g/mol. The second kappa shape index (κ2) is 10.2. The summed E-state index contributed by atoms with van der Waals surface area (Å²) >= 11 is 18.1. The number of hydrogen-bond donors (Lipinski definition) is 0. The summed E-state index contributed by atoms with van der Waals surface area (Å²) in [4.78, 5) is 14.6. The first kappa shape index (κ1) is 22.3. The van der Waals surface area contributed by atoms with Gasteiger partial charge in [0.05, 0.1) is 17.6 Å². The molecule has 1 aliphatic rings. The second-order valence-corrected chi connectivity index (χ2v) is 9.05. The largest absolute Gasteiger partial charge is 0.353 e. The maximum atomic E-state index is 6.11. The van der Waals surface area contributed by atoms with Crippen LogP contribution in [0.4, 0.5) is 5.82 Å². The van der Waals surface area contributed by atoms with Crippen LogP contribution >= 0.6 is 35.0 Å². The highest BCUT2D eigenvalue weighted by Gasteiger charge is 2.20. The molecule has 4 rings (SSSR count). The summed E-state index contributed by atoms with van der Waals surface area (Å²) < 4.78 is 1.70. The van der Waals surface area contributed by atoms with Crippen molar-refractivity contribution in [3.05, 3.63) is 64.8 Å². The van der Waals surface area contributed by atoms with Crippen LogP contribution in [0.15, 0.2) is 54.7 Å². The van der Waals surface area contributed by atoms with Crippen molar-refractivity contribution in [1.82, 2.24) is 19.3 Å². The van der Waals surface area contributed by atoms with E-state index in [1.54, 1.807) is 4.42 Å². The van der Waals surface area contributed by atoms with Crippen molar-refractivity contribution in [3.8, 4) is 22.5 Å². The van der Waals surface area contributed by atoms with E-state index >= 15 is 0 Å². The number of likely N-dealkylation sites (N-methyl/N-ethyl adjacent to an activating group) is 1. The zero-order valence-corrected chi connectivity index (χ0v) is 19.6. The van der Waals surface area contributed by atoms with Crippen molar-refractivity contribution in [2.24, 2.45) is 0 Å². The summed E-state index contributed by atoms with van der Waals surface area (Å²) in [6.45, 7) is 5.56. The molecule has 8 heteroatoms. The molecule has 0 aliphatic carbocycles. The van der Waals surface area contributed by atoms with Crippen LogP contribution in [0.3, 0.4) is 0 Å². The third-order valence-electron chi connectivity index (χ3n) is 5.42. The Balaban J connectivity index is 1.61. The van der Waals surface area contributed by atoms with Gasteiger partial charge in [-0.15, -0.1) is 0 Å². The van der Waals surface area contributed by atoms with E-state index in [0.29, 0.717) is 10.0 Å². The molecule has 2 aromatic carbocycles. The van der Waals surface area contributed by atoms with Gasteiger partial charge in [0, 0.05) is 67.5 Å². The Bertz CT molecular complexity index is 1000. The van der Waals surface area contributed by atoms with E-state index in [4.69, 9.17) is 44.9 Å². The molecule has 0 atom stereocenters. The summed E-state index contributed by atoms with van der Waals surface area (Å²) in [6.07, 6.45) is 1.87. The second-order valence-electron chi connectivity index (χ2n) is 7.60. The van der Waals surface area contributed by atoms with Gasteiger partial charge in [-0.3, -0.25) is 9.88 Å². The predicted molar refractivity (Wildman–Crippen MR) is 130 cm³/mol. The smallest absolute Gasteiger partial charge is 0.147 e. The molecule has 2 heterocycles. The van der Waals surface area contributed by atoms with Gasteiger partial charge in [-0.05, 0) is 36.0 Å². The SMILES string of the molecule is CN(Cl)CCN1CCN(c2cnc(-c3ccc(Cl)cc3)c(-c3ccc(Cl)cc3)n2)CC1. The molecule has 1 fully saturated rings. The fourth-order valence-electron chi connectivity index (χ4n) is 3.64. The van der Waals surface area contributed by atoms with Crippen LogP contribution in [0.5, 0.6) is 0 Å². The van der Waals surface area contributed by atoms with E-state index in [0.717, 1.165) is 67.6 Å². The molecule has 1 saturated heterocycles. The molecule has 162 valence electrons. The van der Waals surface area contributed by atoms with Crippen molar-refractivity contribution in [2.75, 3.05) is 51.2 Å². The lowest BCUT2D eigenvalue weighted by Crippen LogP contribution is -2.48. The van der Waals surface area contributed by atoms with Gasteiger partial charge in [0.1, 0.15) is 5.82 Å². The lowest BCUT2D eigenvalue weighted by Gasteiger charge is -2.35. The van der Waals surface area contributed by atoms with Crippen molar-refractivity contribution in [2.45, 2.75) is 0 Å². The summed E-state index contributed by atoms with van der Waals surface area (Å²) in [5.41, 5.74) is 3.62. The third kappa shape index (κ3) is 5.68. The molecule has 0 bridgehead atoms. The fraction of sp³-hybridized carbons (Fsp3) is 0.304. The van der Waals surface area contributed by atoms with E-state index in [-0.39, 0.29) is 0 Å². The van der Waals surface area contributed by atoms with Crippen LogP contribution in [0.1, 0.15) is 0 Å². The van der Waals surface area contributed by atoms with Gasteiger partial charge < -0.3 is 4.90 Å². The number of benzene rings is 2. The summed E-state index contributed by atoms with van der Waals surface area (Å²) in [6, 6.07) is 15.4. The molecule has 1 aliphatic heterocycles. The van der Waals surface area contributed by atoms with Crippen LogP contribution in [-0.2, 0) is 0 Å². The first-order valence-corrected chi connectivity index (χ1v) is 11.3. The van der Waals surface area contributed by atoms with Crippen molar-refractivity contribution in [1.29, 1.82) is 0 Å². The molecular formula is C23H24Cl3N5. The van der Waals surface area contributed by atoms with Crippen molar-refractivity contribution in [3.63, 3.8) is 0 Å². The Labute approximate surface area is 198 Å². The van der Waals surface area contributed by atoms with Gasteiger partial charge >= 0.3 is 0 Å². The van der Waals surface area contributed by atoms with E-state index in [1.165, 1.54) is 0 Å². The molecule has 0 unspecified atom stereocenters. The van der Waals surface area contributed by atoms with E-state index in [2.05, 4.69) is 9.80 Å². The van der Waals surface area contributed by atoms with E-state index in [9.17, 15) is 0 Å². The number of aromatic nitrogens is 2. The molecule has 31 heavy (non-hydrogen) atoms. The van der Waals surface area contributed by atoms with Crippen molar-refractivity contribution < 1.29 is 0 Å². The highest BCUT2D eigenvalue weighted by molar-refractivity contribution is 6.31. The zero-order valence-electron chi connectivity index (χ0n) is 17.3. The highest BCUT2D eigenvalue weighted by atomic mass is 35.5. The Morgan fingerprint density at radius 3 is 1.94 bits per heavy atom. The summed E-state index contributed by atoms with van der Waals surface area (Å²) in [5.74, 6) is 0.886. The van der Waals surface area contributed by atoms with Crippen LogP contribution in [-0.4, -0.2) is 65.6 Å². The lowest BCUT2D eigenvalue weighted by molar-refractivity contribution is 0.245. The lowest BCUT2D eigenvalue weighted by atomic mass is 10.0. The molecule has 0 saturated carbocycles. The highest BCUT2D eigenvalue weighted by Crippen LogP contribution is 2.32. The van der Waals surface area contributed by atoms with Gasteiger partial charge in [0.25, 0.3) is 0 Å². The van der Waals surface area contributed by atoms with Gasteiger partial charge in [-0.1, -0.05) is 47.5 Å². The Morgan fingerprint density at radius 1 is 0.839 bits per heavy atom. The minimum atomic E-state index is 0.694. The molecule has 1 aromatic heterocycles. The minimum absolute atomic E-state index is 0.694. The predicted octanol–water partition coefficient (Wildman–Crippen LogP) is 5.33. The Kier molecular flexibility index (Phi) is 7.31. The molecule has 0 N–H and O–H groups in total. The zero-order chi connectivity index (χ0) is 21.8. The molecule has 3 aromatic rings. The summed E-state index contributed by atoms with van der Waals surface area (Å²) in [7, 11) is 1.88. The van der Waals surface area contributed by atoms with Crippen LogP contribution in [0, 0.1) is 0 Å². The molecule has 0 spiro atoms. The average molecular weight is 477 g/mol. The standard InChI is InChI=1S/C23H24Cl3N5/c1-29(26)10-11-30-12-14-31(15-13-30)21-16-27-22(17-2-6-19(24)7-3-17)23(28-21)18-4-8-20(25)9-5-18/h2-9,16H,10-15H2,1H3. The maximum Gasteiger partial charge on any atom is 0.147 e. The third-order valence-corrected chi connectivity index (χ3v) is 6.09. The summed E-state index contributed by atoms with van der Waals surface area (Å²) in [5, 5.41) is 1.39. The molecule has 0 radical (unpaired) electrons. The van der Waals surface area contributed by atoms with Gasteiger partial charge in [0.2, 0.25) is 0 Å². The number of piperazine rings is 1. The number of hydrogen-bond acceptors (Lipinski definition) is 5. The van der Waals surface area contributed by atoms with Crippen molar-refractivity contribution >= 4 is 40.8 Å². The van der Waals surface area contributed by atoms with Gasteiger partial charge in [-0.25, -0.2) is 9.40 Å². The molecule has 5 nitrogen and oxygen atoms in total. The minimum Gasteiger partial charge on any atom is -0.353 e. The molecular weight excluding hydrogens is 453 g/mol. The first-order valence-electron chi connectivity index (χ1n) is 10.2. The van der Waals surface area contributed by atoms with Crippen LogP contribution in [0.25, 0.3) is 22.5 Å². The quantitative estimate of drug-likeness (QED) is 0.450. The number of halogens is 3. The van der Waals surface area contributed by atoms with Gasteiger partial charge in [0.15, 0.2) is 0 Å². The van der Waals surface area contributed by atoms with Crippen LogP contribution < -0.4 is 4.90 Å². The van der Waals surface area contributed by atoms with E-state index < -0.39 is 0 Å². The topological polar surface area (TPSA) is 35.5 Å². The Morgan fingerprint density at radius 2 is 1.39 bits per heavy atom. The van der Waals surface area contributed by atoms with Crippen LogP contribution in [0.2, 0.25) is 10.0 Å². The normalized spacial score (nSPS) is 14.9. The van der Waals surface area contributed by atoms with Gasteiger partial charge in [-0.2, -0.15) is 0 Å². The fourth-order valence-corrected chi connectivity index (χ4v) is 3.97. The first-order chi connectivity index (χ1) is 15.0. The molecule has 0 amide bonds. The number of nitrogens with zero attached hydrogens (tertiary/aromatic N) is 5. The Hall–Kier alpha value is -1.89. The number of anilines is 1. The van der Waals surface area contributed by atoms with E-state index in [1.807, 2.05) is 61.8 Å².